The van der Waals surface area contributed by atoms with Crippen LogP contribution in [0.2, 0.25) is 0 Å². The average Bonchev–Trinajstić information content (AvgIpc) is 1.64. The van der Waals surface area contributed by atoms with Crippen molar-refractivity contribution in [3.8, 4) is 0 Å². The van der Waals surface area contributed by atoms with Crippen LogP contribution in [0.4, 0.5) is 0 Å². The SMILES string of the molecule is CCC(C(C)=O)C(=O)O.[CaH2]. The fourth-order valence-electron chi connectivity index (χ4n) is 0.636. The standard InChI is InChI=1S/C6H10O3.Ca.2H/c1-3-5(4(2)7)6(8)9;;;/h5H,3H2,1-2H3,(H,8,9);;;. The number of aliphatic carboxylic acids is 1. The summed E-state index contributed by atoms with van der Waals surface area (Å²) >= 11 is 0. The maximum absolute atomic E-state index is 10.4. The first-order valence-electron chi connectivity index (χ1n) is 2.82. The summed E-state index contributed by atoms with van der Waals surface area (Å²) in [4.78, 5) is 20.6. The van der Waals surface area contributed by atoms with E-state index in [4.69, 9.17) is 5.11 Å². The Morgan fingerprint density at radius 3 is 1.90 bits per heavy atom. The van der Waals surface area contributed by atoms with Gasteiger partial charge in [0.15, 0.2) is 0 Å². The normalized spacial score (nSPS) is 11.4. The van der Waals surface area contributed by atoms with Crippen molar-refractivity contribution < 1.29 is 14.7 Å². The van der Waals surface area contributed by atoms with Gasteiger partial charge in [0.1, 0.15) is 11.7 Å². The molecule has 0 aliphatic heterocycles. The summed E-state index contributed by atoms with van der Waals surface area (Å²) in [5.41, 5.74) is 0. The van der Waals surface area contributed by atoms with Crippen LogP contribution in [0.15, 0.2) is 0 Å². The van der Waals surface area contributed by atoms with E-state index in [-0.39, 0.29) is 43.5 Å². The van der Waals surface area contributed by atoms with E-state index in [1.165, 1.54) is 6.92 Å². The number of Topliss-reactive ketones (excluding diaryl/α,β-unsaturated/α-hetero) is 1. The Morgan fingerprint density at radius 2 is 1.90 bits per heavy atom. The van der Waals surface area contributed by atoms with Gasteiger partial charge in [-0.3, -0.25) is 9.59 Å². The summed E-state index contributed by atoms with van der Waals surface area (Å²) < 4.78 is 0. The van der Waals surface area contributed by atoms with E-state index in [9.17, 15) is 9.59 Å². The van der Waals surface area contributed by atoms with E-state index in [1.807, 2.05) is 0 Å². The van der Waals surface area contributed by atoms with Crippen LogP contribution in [0.25, 0.3) is 0 Å². The van der Waals surface area contributed by atoms with Gasteiger partial charge in [-0.05, 0) is 13.3 Å². The number of hydrogen-bond donors (Lipinski definition) is 1. The Morgan fingerprint density at radius 1 is 1.50 bits per heavy atom. The molecule has 1 atom stereocenters. The van der Waals surface area contributed by atoms with Crippen LogP contribution in [0.3, 0.4) is 0 Å². The Bertz CT molecular complexity index is 119. The monoisotopic (exact) mass is 172 g/mol. The molecule has 0 saturated carbocycles. The predicted octanol–water partition coefficient (Wildman–Crippen LogP) is -0.230. The predicted molar refractivity (Wildman–Crippen MR) is 40.6 cm³/mol. The minimum absolute atomic E-state index is 0. The van der Waals surface area contributed by atoms with Gasteiger partial charge in [0.05, 0.1) is 0 Å². The Labute approximate surface area is 89.8 Å². The fourth-order valence-corrected chi connectivity index (χ4v) is 0.636. The maximum atomic E-state index is 10.4. The molecule has 0 radical (unpaired) electrons. The molecule has 0 amide bonds. The summed E-state index contributed by atoms with van der Waals surface area (Å²) in [6, 6.07) is 0. The first kappa shape index (κ1) is 13.0. The number of rotatable bonds is 3. The summed E-state index contributed by atoms with van der Waals surface area (Å²) in [6.45, 7) is 2.97. The summed E-state index contributed by atoms with van der Waals surface area (Å²) in [7, 11) is 0. The van der Waals surface area contributed by atoms with Crippen molar-refractivity contribution in [2.45, 2.75) is 20.3 Å². The van der Waals surface area contributed by atoms with E-state index in [2.05, 4.69) is 0 Å². The molecule has 0 fully saturated rings. The van der Waals surface area contributed by atoms with Crippen molar-refractivity contribution in [1.82, 2.24) is 0 Å². The third-order valence-electron chi connectivity index (χ3n) is 1.20. The van der Waals surface area contributed by atoms with Crippen molar-refractivity contribution in [2.24, 2.45) is 5.92 Å². The molecule has 56 valence electrons. The van der Waals surface area contributed by atoms with Gasteiger partial charge >= 0.3 is 43.7 Å². The second kappa shape index (κ2) is 6.13. The van der Waals surface area contributed by atoms with E-state index in [0.29, 0.717) is 6.42 Å². The Kier molecular flexibility index (Phi) is 7.99. The molecule has 0 bridgehead atoms. The van der Waals surface area contributed by atoms with Crippen LogP contribution in [0.5, 0.6) is 0 Å². The van der Waals surface area contributed by atoms with Gasteiger partial charge in [0.2, 0.25) is 0 Å². The molecule has 0 aromatic carbocycles. The molecule has 0 spiro atoms. The van der Waals surface area contributed by atoms with Crippen molar-refractivity contribution in [2.75, 3.05) is 0 Å². The summed E-state index contributed by atoms with van der Waals surface area (Å²) in [6.07, 6.45) is 0.380. The average molecular weight is 172 g/mol. The van der Waals surface area contributed by atoms with Crippen molar-refractivity contribution in [1.29, 1.82) is 0 Å². The number of hydrogen-bond acceptors (Lipinski definition) is 2. The van der Waals surface area contributed by atoms with Crippen molar-refractivity contribution in [3.63, 3.8) is 0 Å². The second-order valence-electron chi connectivity index (χ2n) is 1.91. The molecule has 0 saturated heterocycles. The number of carboxylic acid groups (broad SMARTS) is 1. The third-order valence-corrected chi connectivity index (χ3v) is 1.20. The van der Waals surface area contributed by atoms with Gasteiger partial charge in [-0.1, -0.05) is 6.92 Å². The van der Waals surface area contributed by atoms with Crippen LogP contribution >= 0.6 is 0 Å². The van der Waals surface area contributed by atoms with Gasteiger partial charge in [0.25, 0.3) is 0 Å². The molecule has 1 unspecified atom stereocenters. The molecule has 0 aliphatic rings. The number of ketones is 1. The zero-order valence-corrected chi connectivity index (χ0v) is 5.55. The van der Waals surface area contributed by atoms with Gasteiger partial charge < -0.3 is 5.11 Å². The second-order valence-corrected chi connectivity index (χ2v) is 1.91. The van der Waals surface area contributed by atoms with Crippen molar-refractivity contribution in [3.05, 3.63) is 0 Å². The first-order chi connectivity index (χ1) is 4.09. The van der Waals surface area contributed by atoms with Crippen LogP contribution in [-0.4, -0.2) is 54.6 Å². The zero-order valence-electron chi connectivity index (χ0n) is 5.55. The number of carbonyl (C=O) groups is 2. The van der Waals surface area contributed by atoms with Crippen LogP contribution in [0.1, 0.15) is 20.3 Å². The molecular formula is C6H12CaO3. The van der Waals surface area contributed by atoms with E-state index >= 15 is 0 Å². The van der Waals surface area contributed by atoms with Gasteiger partial charge in [0, 0.05) is 0 Å². The molecule has 0 aromatic heterocycles. The van der Waals surface area contributed by atoms with Gasteiger partial charge in [-0.25, -0.2) is 0 Å². The fraction of sp³-hybridized carbons (Fsp3) is 0.667. The molecule has 0 heterocycles. The first-order valence-corrected chi connectivity index (χ1v) is 2.82. The van der Waals surface area contributed by atoms with Crippen LogP contribution in [-0.2, 0) is 9.59 Å². The molecule has 10 heavy (non-hydrogen) atoms. The van der Waals surface area contributed by atoms with E-state index < -0.39 is 11.9 Å². The zero-order chi connectivity index (χ0) is 7.44. The van der Waals surface area contributed by atoms with Crippen molar-refractivity contribution >= 4 is 49.5 Å². The summed E-state index contributed by atoms with van der Waals surface area (Å²) in [5, 5.41) is 8.32. The molecule has 0 aromatic rings. The molecular weight excluding hydrogens is 160 g/mol. The topological polar surface area (TPSA) is 54.4 Å². The van der Waals surface area contributed by atoms with Gasteiger partial charge in [-0.2, -0.15) is 0 Å². The van der Waals surface area contributed by atoms with E-state index in [1.54, 1.807) is 6.92 Å². The minimum atomic E-state index is -1.02. The number of carboxylic acids is 1. The Hall–Kier alpha value is 0.400. The molecule has 0 rings (SSSR count). The molecule has 3 nitrogen and oxygen atoms in total. The summed E-state index contributed by atoms with van der Waals surface area (Å²) in [5.74, 6) is -2.10. The van der Waals surface area contributed by atoms with Crippen LogP contribution in [0, 0.1) is 5.92 Å². The molecule has 0 aliphatic carbocycles. The molecule has 4 heteroatoms. The quantitative estimate of drug-likeness (QED) is 0.472. The molecule has 1 N–H and O–H groups in total. The Balaban J connectivity index is 0. The number of carbonyl (C=O) groups excluding carboxylic acids is 1. The van der Waals surface area contributed by atoms with Crippen LogP contribution < -0.4 is 0 Å². The third kappa shape index (κ3) is 4.25. The van der Waals surface area contributed by atoms with Gasteiger partial charge in [-0.15, -0.1) is 0 Å². The van der Waals surface area contributed by atoms with E-state index in [0.717, 1.165) is 0 Å².